The zero-order valence-electron chi connectivity index (χ0n) is 12.6. The van der Waals surface area contributed by atoms with E-state index in [9.17, 15) is 9.59 Å². The van der Waals surface area contributed by atoms with Crippen LogP contribution in [-0.4, -0.2) is 47.1 Å². The Hall–Kier alpha value is -2.41. The van der Waals surface area contributed by atoms with Crippen LogP contribution in [0.15, 0.2) is 35.3 Å². The third-order valence-corrected chi connectivity index (χ3v) is 4.16. The molecule has 0 radical (unpaired) electrons. The van der Waals surface area contributed by atoms with Gasteiger partial charge in [-0.2, -0.15) is 0 Å². The molecule has 1 aliphatic carbocycles. The summed E-state index contributed by atoms with van der Waals surface area (Å²) in [4.78, 5) is 30.8. The van der Waals surface area contributed by atoms with Crippen LogP contribution in [0.4, 0.5) is 5.82 Å². The molecule has 2 aromatic heterocycles. The summed E-state index contributed by atoms with van der Waals surface area (Å²) in [5.74, 6) is 0.517. The SMILES string of the molecule is O=C(NC1CC1)C1CN(c2cc(=O)n3ccccc3n2)CCO1. The first-order valence-corrected chi connectivity index (χ1v) is 7.86. The number of pyridine rings is 1. The number of nitrogens with zero attached hydrogens (tertiary/aromatic N) is 3. The van der Waals surface area contributed by atoms with Crippen molar-refractivity contribution >= 4 is 17.4 Å². The third kappa shape index (κ3) is 2.92. The number of anilines is 1. The van der Waals surface area contributed by atoms with E-state index in [2.05, 4.69) is 10.3 Å². The van der Waals surface area contributed by atoms with Crippen LogP contribution in [0.1, 0.15) is 12.8 Å². The highest BCUT2D eigenvalue weighted by Crippen LogP contribution is 2.20. The summed E-state index contributed by atoms with van der Waals surface area (Å²) in [7, 11) is 0. The van der Waals surface area contributed by atoms with E-state index in [1.807, 2.05) is 11.0 Å². The quantitative estimate of drug-likeness (QED) is 0.874. The lowest BCUT2D eigenvalue weighted by Crippen LogP contribution is -2.50. The van der Waals surface area contributed by atoms with E-state index in [-0.39, 0.29) is 11.5 Å². The summed E-state index contributed by atoms with van der Waals surface area (Å²) in [5, 5.41) is 2.96. The van der Waals surface area contributed by atoms with Gasteiger partial charge in [-0.3, -0.25) is 14.0 Å². The topological polar surface area (TPSA) is 75.9 Å². The fourth-order valence-electron chi connectivity index (χ4n) is 2.74. The molecule has 1 atom stereocenters. The van der Waals surface area contributed by atoms with Crippen molar-refractivity contribution in [2.24, 2.45) is 0 Å². The number of amides is 1. The lowest BCUT2D eigenvalue weighted by molar-refractivity contribution is -0.133. The van der Waals surface area contributed by atoms with Crippen LogP contribution >= 0.6 is 0 Å². The Morgan fingerprint density at radius 1 is 1.35 bits per heavy atom. The van der Waals surface area contributed by atoms with E-state index >= 15 is 0 Å². The predicted octanol–water partition coefficient (Wildman–Crippen LogP) is 0.178. The molecule has 2 fully saturated rings. The smallest absolute Gasteiger partial charge is 0.259 e. The lowest BCUT2D eigenvalue weighted by Gasteiger charge is -2.33. The summed E-state index contributed by atoms with van der Waals surface area (Å²) in [6.45, 7) is 1.47. The van der Waals surface area contributed by atoms with Gasteiger partial charge in [0, 0.05) is 24.8 Å². The number of nitrogens with one attached hydrogen (secondary N) is 1. The minimum atomic E-state index is -0.514. The third-order valence-electron chi connectivity index (χ3n) is 4.16. The molecule has 7 heteroatoms. The van der Waals surface area contributed by atoms with E-state index < -0.39 is 6.10 Å². The summed E-state index contributed by atoms with van der Waals surface area (Å²) in [6, 6.07) is 7.25. The molecular weight excluding hydrogens is 296 g/mol. The maximum atomic E-state index is 12.2. The Labute approximate surface area is 132 Å². The monoisotopic (exact) mass is 314 g/mol. The normalized spacial score (nSPS) is 21.4. The molecule has 1 saturated heterocycles. The molecule has 120 valence electrons. The number of morpholine rings is 1. The molecule has 2 aromatic rings. The molecule has 0 aromatic carbocycles. The van der Waals surface area contributed by atoms with Crippen LogP contribution in [-0.2, 0) is 9.53 Å². The fourth-order valence-corrected chi connectivity index (χ4v) is 2.74. The van der Waals surface area contributed by atoms with Crippen molar-refractivity contribution < 1.29 is 9.53 Å². The molecule has 1 saturated carbocycles. The molecule has 3 heterocycles. The van der Waals surface area contributed by atoms with Gasteiger partial charge in [-0.1, -0.05) is 6.07 Å². The highest BCUT2D eigenvalue weighted by Gasteiger charge is 2.31. The molecule has 1 unspecified atom stereocenters. The van der Waals surface area contributed by atoms with E-state index in [1.165, 1.54) is 10.5 Å². The summed E-state index contributed by atoms with van der Waals surface area (Å²) in [5.41, 5.74) is 0.469. The first-order valence-electron chi connectivity index (χ1n) is 7.86. The minimum Gasteiger partial charge on any atom is -0.365 e. The first kappa shape index (κ1) is 14.2. The highest BCUT2D eigenvalue weighted by molar-refractivity contribution is 5.82. The molecule has 1 aliphatic heterocycles. The van der Waals surface area contributed by atoms with E-state index in [1.54, 1.807) is 18.3 Å². The second kappa shape index (κ2) is 5.66. The van der Waals surface area contributed by atoms with E-state index in [4.69, 9.17) is 4.74 Å². The molecule has 0 bridgehead atoms. The molecule has 1 N–H and O–H groups in total. The number of fused-ring (bicyclic) bond motifs is 1. The van der Waals surface area contributed by atoms with Gasteiger partial charge < -0.3 is 15.0 Å². The number of rotatable bonds is 3. The number of aromatic nitrogens is 2. The molecule has 0 spiro atoms. The number of ether oxygens (including phenoxy) is 1. The Morgan fingerprint density at radius 3 is 3.04 bits per heavy atom. The highest BCUT2D eigenvalue weighted by atomic mass is 16.5. The van der Waals surface area contributed by atoms with Gasteiger partial charge in [-0.05, 0) is 25.0 Å². The van der Waals surface area contributed by atoms with Crippen LogP contribution in [0.25, 0.3) is 5.65 Å². The van der Waals surface area contributed by atoms with Crippen molar-refractivity contribution in [3.05, 3.63) is 40.8 Å². The van der Waals surface area contributed by atoms with Crippen LogP contribution in [0, 0.1) is 0 Å². The maximum absolute atomic E-state index is 12.2. The fraction of sp³-hybridized carbons (Fsp3) is 0.438. The van der Waals surface area contributed by atoms with Crippen LogP contribution in [0.2, 0.25) is 0 Å². The van der Waals surface area contributed by atoms with Gasteiger partial charge in [0.1, 0.15) is 11.5 Å². The van der Waals surface area contributed by atoms with Crippen molar-refractivity contribution in [1.82, 2.24) is 14.7 Å². The van der Waals surface area contributed by atoms with Crippen molar-refractivity contribution in [1.29, 1.82) is 0 Å². The number of hydrogen-bond donors (Lipinski definition) is 1. The molecule has 7 nitrogen and oxygen atoms in total. The number of hydrogen-bond acceptors (Lipinski definition) is 5. The zero-order chi connectivity index (χ0) is 15.8. The molecule has 23 heavy (non-hydrogen) atoms. The van der Waals surface area contributed by atoms with Gasteiger partial charge in [0.25, 0.3) is 11.5 Å². The largest absolute Gasteiger partial charge is 0.365 e. The predicted molar refractivity (Wildman–Crippen MR) is 84.6 cm³/mol. The Kier molecular flexibility index (Phi) is 3.49. The molecular formula is C16H18N4O3. The van der Waals surface area contributed by atoms with Crippen LogP contribution < -0.4 is 15.8 Å². The standard InChI is InChI=1S/C16H18N4O3/c21-15-9-14(18-13-3-1-2-6-20(13)15)19-7-8-23-12(10-19)16(22)17-11-4-5-11/h1-3,6,9,11-12H,4-5,7-8,10H2,(H,17,22). The van der Waals surface area contributed by atoms with Gasteiger partial charge >= 0.3 is 0 Å². The van der Waals surface area contributed by atoms with Gasteiger partial charge in [0.05, 0.1) is 13.2 Å². The van der Waals surface area contributed by atoms with Crippen LogP contribution in [0.3, 0.4) is 0 Å². The lowest BCUT2D eigenvalue weighted by atomic mass is 10.2. The van der Waals surface area contributed by atoms with Crippen LogP contribution in [0.5, 0.6) is 0 Å². The molecule has 4 rings (SSSR count). The number of carbonyl (C=O) groups excluding carboxylic acids is 1. The summed E-state index contributed by atoms with van der Waals surface area (Å²) in [6.07, 6.45) is 3.27. The van der Waals surface area contributed by atoms with Gasteiger partial charge in [-0.25, -0.2) is 4.98 Å². The molecule has 2 aliphatic rings. The summed E-state index contributed by atoms with van der Waals surface area (Å²) >= 11 is 0. The van der Waals surface area contributed by atoms with Crippen molar-refractivity contribution in [2.75, 3.05) is 24.6 Å². The average Bonchev–Trinajstić information content (AvgIpc) is 3.39. The van der Waals surface area contributed by atoms with Crippen molar-refractivity contribution in [3.8, 4) is 0 Å². The van der Waals surface area contributed by atoms with Gasteiger partial charge in [-0.15, -0.1) is 0 Å². The van der Waals surface area contributed by atoms with Gasteiger partial charge in [0.15, 0.2) is 6.10 Å². The Morgan fingerprint density at radius 2 is 2.22 bits per heavy atom. The summed E-state index contributed by atoms with van der Waals surface area (Å²) < 4.78 is 7.07. The van der Waals surface area contributed by atoms with E-state index in [0.717, 1.165) is 12.8 Å². The van der Waals surface area contributed by atoms with Gasteiger partial charge in [0.2, 0.25) is 0 Å². The second-order valence-electron chi connectivity index (χ2n) is 5.97. The average molecular weight is 314 g/mol. The minimum absolute atomic E-state index is 0.0743. The first-order chi connectivity index (χ1) is 11.2. The molecule has 1 amide bonds. The Bertz CT molecular complexity index is 799. The maximum Gasteiger partial charge on any atom is 0.259 e. The Balaban J connectivity index is 1.57. The van der Waals surface area contributed by atoms with Crippen molar-refractivity contribution in [2.45, 2.75) is 25.0 Å². The number of carbonyl (C=O) groups is 1. The zero-order valence-corrected chi connectivity index (χ0v) is 12.6. The van der Waals surface area contributed by atoms with E-state index in [0.29, 0.717) is 37.2 Å². The second-order valence-corrected chi connectivity index (χ2v) is 5.97. The van der Waals surface area contributed by atoms with Crippen molar-refractivity contribution in [3.63, 3.8) is 0 Å².